The molecule has 0 saturated heterocycles. The van der Waals surface area contributed by atoms with E-state index in [0.717, 1.165) is 12.1 Å². The van der Waals surface area contributed by atoms with E-state index >= 15 is 0 Å². The van der Waals surface area contributed by atoms with Crippen LogP contribution in [0.5, 0.6) is 5.75 Å². The Balaban J connectivity index is 1.63. The molecule has 136 valence electrons. The minimum atomic E-state index is -1.31. The highest BCUT2D eigenvalue weighted by molar-refractivity contribution is 5.91. The predicted octanol–water partition coefficient (Wildman–Crippen LogP) is 2.64. The van der Waals surface area contributed by atoms with Gasteiger partial charge in [-0.1, -0.05) is 12.1 Å². The number of benzene rings is 2. The minimum absolute atomic E-state index is 0.188. The monoisotopic (exact) mass is 361 g/mol. The molecule has 1 saturated carbocycles. The van der Waals surface area contributed by atoms with Gasteiger partial charge in [-0.25, -0.2) is 13.6 Å². The van der Waals surface area contributed by atoms with Crippen molar-refractivity contribution in [3.63, 3.8) is 0 Å². The number of aliphatic carboxylic acids is 1. The zero-order chi connectivity index (χ0) is 18.7. The molecular formula is C19H17F2NO4. The van der Waals surface area contributed by atoms with Crippen LogP contribution in [0.15, 0.2) is 48.5 Å². The first-order chi connectivity index (χ1) is 12.4. The maximum Gasteiger partial charge on any atom is 0.346 e. The van der Waals surface area contributed by atoms with Crippen molar-refractivity contribution in [1.82, 2.24) is 5.32 Å². The molecule has 7 heteroatoms. The van der Waals surface area contributed by atoms with Crippen LogP contribution in [-0.4, -0.2) is 29.6 Å². The van der Waals surface area contributed by atoms with Crippen LogP contribution >= 0.6 is 0 Å². The maximum absolute atomic E-state index is 13.1. The summed E-state index contributed by atoms with van der Waals surface area (Å²) >= 11 is 0. The van der Waals surface area contributed by atoms with E-state index < -0.39 is 23.3 Å². The van der Waals surface area contributed by atoms with Gasteiger partial charge in [-0.2, -0.15) is 0 Å². The van der Waals surface area contributed by atoms with Gasteiger partial charge in [0.25, 0.3) is 0 Å². The van der Waals surface area contributed by atoms with Crippen LogP contribution in [0.25, 0.3) is 0 Å². The second kappa shape index (κ2) is 7.11. The Morgan fingerprint density at radius 3 is 2.08 bits per heavy atom. The van der Waals surface area contributed by atoms with E-state index in [1.54, 1.807) is 12.1 Å². The Kier molecular flexibility index (Phi) is 4.88. The maximum atomic E-state index is 13.1. The molecule has 3 rings (SSSR count). The van der Waals surface area contributed by atoms with Crippen molar-refractivity contribution < 1.29 is 28.2 Å². The number of hydrogen-bond donors (Lipinski definition) is 2. The van der Waals surface area contributed by atoms with Crippen LogP contribution in [0.3, 0.4) is 0 Å². The normalized spacial score (nSPS) is 15.8. The van der Waals surface area contributed by atoms with Gasteiger partial charge in [-0.15, -0.1) is 0 Å². The topological polar surface area (TPSA) is 75.6 Å². The summed E-state index contributed by atoms with van der Waals surface area (Å²) in [6.07, 6.45) is -0.0874. The zero-order valence-corrected chi connectivity index (χ0v) is 13.7. The van der Waals surface area contributed by atoms with Gasteiger partial charge in [0.1, 0.15) is 17.4 Å². The van der Waals surface area contributed by atoms with Gasteiger partial charge in [-0.05, 0) is 54.8 Å². The molecule has 2 aromatic carbocycles. The third-order valence-corrected chi connectivity index (χ3v) is 4.40. The van der Waals surface area contributed by atoms with Crippen LogP contribution in [-0.2, 0) is 15.0 Å². The molecule has 0 aliphatic heterocycles. The van der Waals surface area contributed by atoms with Gasteiger partial charge >= 0.3 is 5.97 Å². The fourth-order valence-electron chi connectivity index (χ4n) is 2.75. The number of hydrogen-bond acceptors (Lipinski definition) is 3. The summed E-state index contributed by atoms with van der Waals surface area (Å²) in [5, 5.41) is 11.9. The molecule has 2 aromatic rings. The number of carbonyl (C=O) groups is 2. The highest BCUT2D eigenvalue weighted by atomic mass is 19.1. The molecule has 1 unspecified atom stereocenters. The second-order valence-corrected chi connectivity index (χ2v) is 6.20. The molecule has 0 radical (unpaired) electrons. The lowest BCUT2D eigenvalue weighted by Crippen LogP contribution is -2.44. The Morgan fingerprint density at radius 1 is 1.04 bits per heavy atom. The predicted molar refractivity (Wildman–Crippen MR) is 88.8 cm³/mol. The van der Waals surface area contributed by atoms with E-state index in [0.29, 0.717) is 18.4 Å². The summed E-state index contributed by atoms with van der Waals surface area (Å²) in [4.78, 5) is 23.9. The number of rotatable bonds is 7. The molecule has 1 aliphatic rings. The minimum Gasteiger partial charge on any atom is -0.478 e. The average Bonchev–Trinajstić information content (AvgIpc) is 3.42. The lowest BCUT2D eigenvalue weighted by molar-refractivity contribution is -0.145. The zero-order valence-electron chi connectivity index (χ0n) is 13.7. The van der Waals surface area contributed by atoms with Gasteiger partial charge in [-0.3, -0.25) is 4.79 Å². The number of ether oxygens (including phenoxy) is 1. The number of carbonyl (C=O) groups excluding carboxylic acids is 1. The number of carboxylic acid groups (broad SMARTS) is 1. The van der Waals surface area contributed by atoms with Crippen LogP contribution in [0, 0.1) is 11.6 Å². The first-order valence-electron chi connectivity index (χ1n) is 8.10. The summed E-state index contributed by atoms with van der Waals surface area (Å²) in [7, 11) is 0. The second-order valence-electron chi connectivity index (χ2n) is 6.20. The molecule has 1 fully saturated rings. The fourth-order valence-corrected chi connectivity index (χ4v) is 2.75. The summed E-state index contributed by atoms with van der Waals surface area (Å²) in [6.45, 7) is -0.242. The van der Waals surface area contributed by atoms with Crippen molar-refractivity contribution >= 4 is 11.9 Å². The van der Waals surface area contributed by atoms with Crippen molar-refractivity contribution in [3.05, 3.63) is 65.7 Å². The van der Waals surface area contributed by atoms with Crippen LogP contribution in [0.4, 0.5) is 8.78 Å². The number of halogens is 2. The summed E-state index contributed by atoms with van der Waals surface area (Å²) < 4.78 is 31.3. The first-order valence-corrected chi connectivity index (χ1v) is 8.10. The lowest BCUT2D eigenvalue weighted by atomic mass is 9.95. The molecule has 0 aromatic heterocycles. The third kappa shape index (κ3) is 3.82. The van der Waals surface area contributed by atoms with Gasteiger partial charge in [0.2, 0.25) is 12.0 Å². The Morgan fingerprint density at radius 2 is 1.58 bits per heavy atom. The van der Waals surface area contributed by atoms with E-state index in [4.69, 9.17) is 4.74 Å². The number of carboxylic acids is 1. The van der Waals surface area contributed by atoms with Crippen LogP contribution in [0.2, 0.25) is 0 Å². The lowest BCUT2D eigenvalue weighted by Gasteiger charge is -2.19. The van der Waals surface area contributed by atoms with Gasteiger partial charge in [0, 0.05) is 0 Å². The average molecular weight is 361 g/mol. The standard InChI is InChI=1S/C19H17F2NO4/c20-13-3-1-12(2-4-13)19(9-10-19)18(25)22-11-16(17(23)24)26-15-7-5-14(21)6-8-15/h1-8,16H,9-11H2,(H,22,25)(H,23,24). The van der Waals surface area contributed by atoms with E-state index in [-0.39, 0.29) is 24.0 Å². The highest BCUT2D eigenvalue weighted by Crippen LogP contribution is 2.48. The molecule has 1 amide bonds. The molecule has 26 heavy (non-hydrogen) atoms. The molecular weight excluding hydrogens is 344 g/mol. The molecule has 1 aliphatic carbocycles. The highest BCUT2D eigenvalue weighted by Gasteiger charge is 2.51. The Hall–Kier alpha value is -2.96. The van der Waals surface area contributed by atoms with E-state index in [2.05, 4.69) is 5.32 Å². The van der Waals surface area contributed by atoms with Crippen molar-refractivity contribution in [1.29, 1.82) is 0 Å². The van der Waals surface area contributed by atoms with Crippen molar-refractivity contribution in [2.75, 3.05) is 6.54 Å². The first kappa shape index (κ1) is 17.8. The van der Waals surface area contributed by atoms with Crippen molar-refractivity contribution in [3.8, 4) is 5.75 Å². The van der Waals surface area contributed by atoms with Crippen molar-refractivity contribution in [2.45, 2.75) is 24.4 Å². The number of amides is 1. The van der Waals surface area contributed by atoms with Crippen molar-refractivity contribution in [2.24, 2.45) is 0 Å². The third-order valence-electron chi connectivity index (χ3n) is 4.40. The molecule has 1 atom stereocenters. The smallest absolute Gasteiger partial charge is 0.346 e. The van der Waals surface area contributed by atoms with Gasteiger partial charge < -0.3 is 15.2 Å². The van der Waals surface area contributed by atoms with Gasteiger partial charge in [0.15, 0.2) is 0 Å². The van der Waals surface area contributed by atoms with E-state index in [1.807, 2.05) is 0 Å². The largest absolute Gasteiger partial charge is 0.478 e. The molecule has 2 N–H and O–H groups in total. The summed E-state index contributed by atoms with van der Waals surface area (Å²) in [5.74, 6) is -2.23. The van der Waals surface area contributed by atoms with E-state index in [9.17, 15) is 23.5 Å². The van der Waals surface area contributed by atoms with Crippen LogP contribution < -0.4 is 10.1 Å². The van der Waals surface area contributed by atoms with E-state index in [1.165, 1.54) is 24.3 Å². The molecule has 0 heterocycles. The Bertz CT molecular complexity index is 801. The molecule has 5 nitrogen and oxygen atoms in total. The number of nitrogens with one attached hydrogen (secondary N) is 1. The fraction of sp³-hybridized carbons (Fsp3) is 0.263. The summed E-state index contributed by atoms with van der Waals surface area (Å²) in [5.41, 5.74) is -0.0465. The molecule has 0 bridgehead atoms. The van der Waals surface area contributed by atoms with Crippen LogP contribution in [0.1, 0.15) is 18.4 Å². The molecule has 0 spiro atoms. The SMILES string of the molecule is O=C(O)C(CNC(=O)C1(c2ccc(F)cc2)CC1)Oc1ccc(F)cc1. The Labute approximate surface area is 148 Å². The van der Waals surface area contributed by atoms with Gasteiger partial charge in [0.05, 0.1) is 12.0 Å². The summed E-state index contributed by atoms with van der Waals surface area (Å²) in [6, 6.07) is 10.6. The quantitative estimate of drug-likeness (QED) is 0.795.